The van der Waals surface area contributed by atoms with E-state index in [0.717, 1.165) is 0 Å². The maximum atomic E-state index is 13.7. The number of benzene rings is 2. The van der Waals surface area contributed by atoms with E-state index in [9.17, 15) is 14.0 Å². The van der Waals surface area contributed by atoms with E-state index in [2.05, 4.69) is 5.32 Å². The van der Waals surface area contributed by atoms with Gasteiger partial charge in [-0.2, -0.15) is 0 Å². The molecule has 21 heavy (non-hydrogen) atoms. The largest absolute Gasteiger partial charge is 0.491 e. The summed E-state index contributed by atoms with van der Waals surface area (Å²) in [6.07, 6.45) is 0. The second-order valence-corrected chi connectivity index (χ2v) is 4.62. The molecular weight excluding hydrogens is 273 g/mol. The molecule has 1 N–H and O–H groups in total. The lowest BCUT2D eigenvalue weighted by Gasteiger charge is -2.08. The quantitative estimate of drug-likeness (QED) is 0.860. The summed E-state index contributed by atoms with van der Waals surface area (Å²) in [5.74, 6) is -0.924. The average Bonchev–Trinajstić information content (AvgIpc) is 2.69. The van der Waals surface area contributed by atoms with Crippen LogP contribution in [0.4, 0.5) is 4.39 Å². The Morgan fingerprint density at radius 1 is 1.19 bits per heavy atom. The van der Waals surface area contributed by atoms with Crippen molar-refractivity contribution in [2.75, 3.05) is 13.2 Å². The van der Waals surface area contributed by atoms with Gasteiger partial charge in [-0.1, -0.05) is 12.1 Å². The Morgan fingerprint density at radius 2 is 2.00 bits per heavy atom. The van der Waals surface area contributed by atoms with Gasteiger partial charge < -0.3 is 10.1 Å². The lowest BCUT2D eigenvalue weighted by atomic mass is 10.00. The van der Waals surface area contributed by atoms with Gasteiger partial charge in [0.15, 0.2) is 5.78 Å². The van der Waals surface area contributed by atoms with Gasteiger partial charge in [-0.25, -0.2) is 4.39 Å². The molecule has 2 aromatic rings. The molecule has 5 heteroatoms. The highest BCUT2D eigenvalue weighted by Crippen LogP contribution is 2.23. The molecule has 3 rings (SSSR count). The van der Waals surface area contributed by atoms with Crippen molar-refractivity contribution in [2.24, 2.45) is 0 Å². The Kier molecular flexibility index (Phi) is 3.39. The number of rotatable bonds is 2. The van der Waals surface area contributed by atoms with Crippen molar-refractivity contribution in [1.29, 1.82) is 0 Å². The molecule has 0 aliphatic carbocycles. The predicted octanol–water partition coefficient (Wildman–Crippen LogP) is 2.18. The van der Waals surface area contributed by atoms with Crippen molar-refractivity contribution in [1.82, 2.24) is 5.32 Å². The lowest BCUT2D eigenvalue weighted by Crippen LogP contribution is -2.24. The van der Waals surface area contributed by atoms with Crippen molar-refractivity contribution >= 4 is 11.7 Å². The minimum atomic E-state index is -0.585. The van der Waals surface area contributed by atoms with Crippen LogP contribution >= 0.6 is 0 Å². The van der Waals surface area contributed by atoms with E-state index in [1.54, 1.807) is 12.1 Å². The van der Waals surface area contributed by atoms with Crippen LogP contribution in [0.3, 0.4) is 0 Å². The molecule has 0 saturated carbocycles. The molecule has 0 spiro atoms. The van der Waals surface area contributed by atoms with Gasteiger partial charge >= 0.3 is 0 Å². The fraction of sp³-hybridized carbons (Fsp3) is 0.125. The molecule has 0 bridgehead atoms. The fourth-order valence-corrected chi connectivity index (χ4v) is 2.20. The van der Waals surface area contributed by atoms with Crippen LogP contribution in [0.15, 0.2) is 42.5 Å². The minimum Gasteiger partial charge on any atom is -0.491 e. The SMILES string of the molecule is O=C(c1ccc2c(c1)C(=O)NCCO2)c1ccccc1F. The number of carbonyl (C=O) groups excluding carboxylic acids is 2. The number of amides is 1. The van der Waals surface area contributed by atoms with E-state index in [4.69, 9.17) is 4.74 Å². The van der Waals surface area contributed by atoms with Crippen LogP contribution in [0.25, 0.3) is 0 Å². The van der Waals surface area contributed by atoms with Crippen LogP contribution in [0.2, 0.25) is 0 Å². The van der Waals surface area contributed by atoms with E-state index >= 15 is 0 Å². The first kappa shape index (κ1) is 13.3. The molecule has 0 radical (unpaired) electrons. The highest BCUT2D eigenvalue weighted by Gasteiger charge is 2.20. The molecule has 1 aliphatic rings. The number of nitrogens with one attached hydrogen (secondary N) is 1. The Labute approximate surface area is 120 Å². The molecule has 0 aromatic heterocycles. The van der Waals surface area contributed by atoms with Crippen molar-refractivity contribution in [3.05, 3.63) is 65.0 Å². The zero-order valence-corrected chi connectivity index (χ0v) is 11.1. The highest BCUT2D eigenvalue weighted by atomic mass is 19.1. The minimum absolute atomic E-state index is 0.0209. The van der Waals surface area contributed by atoms with Gasteiger partial charge in [0.05, 0.1) is 17.7 Å². The summed E-state index contributed by atoms with van der Waals surface area (Å²) in [5.41, 5.74) is 0.515. The summed E-state index contributed by atoms with van der Waals surface area (Å²) in [7, 11) is 0. The second kappa shape index (κ2) is 5.36. The molecule has 1 amide bonds. The second-order valence-electron chi connectivity index (χ2n) is 4.62. The molecule has 0 fully saturated rings. The Hall–Kier alpha value is -2.69. The maximum absolute atomic E-state index is 13.7. The van der Waals surface area contributed by atoms with E-state index in [-0.39, 0.29) is 22.6 Å². The van der Waals surface area contributed by atoms with E-state index < -0.39 is 11.6 Å². The van der Waals surface area contributed by atoms with Crippen LogP contribution in [0.1, 0.15) is 26.3 Å². The van der Waals surface area contributed by atoms with Crippen LogP contribution in [-0.4, -0.2) is 24.8 Å². The third-order valence-corrected chi connectivity index (χ3v) is 3.25. The molecule has 106 valence electrons. The van der Waals surface area contributed by atoms with Crippen LogP contribution in [0, 0.1) is 5.82 Å². The smallest absolute Gasteiger partial charge is 0.255 e. The Bertz CT molecular complexity index is 727. The number of ether oxygens (including phenoxy) is 1. The van der Waals surface area contributed by atoms with Gasteiger partial charge in [0.2, 0.25) is 0 Å². The third-order valence-electron chi connectivity index (χ3n) is 3.25. The molecule has 0 saturated heterocycles. The van der Waals surface area contributed by atoms with Crippen LogP contribution in [-0.2, 0) is 0 Å². The van der Waals surface area contributed by atoms with Gasteiger partial charge in [-0.3, -0.25) is 9.59 Å². The number of hydrogen-bond donors (Lipinski definition) is 1. The molecular formula is C16H12FNO3. The summed E-state index contributed by atoms with van der Waals surface area (Å²) >= 11 is 0. The zero-order chi connectivity index (χ0) is 14.8. The monoisotopic (exact) mass is 285 g/mol. The van der Waals surface area contributed by atoms with Crippen molar-refractivity contribution < 1.29 is 18.7 Å². The van der Waals surface area contributed by atoms with Gasteiger partial charge in [-0.15, -0.1) is 0 Å². The fourth-order valence-electron chi connectivity index (χ4n) is 2.20. The summed E-state index contributed by atoms with van der Waals surface area (Å²) < 4.78 is 19.1. The lowest BCUT2D eigenvalue weighted by molar-refractivity contribution is 0.0957. The number of halogens is 1. The first-order chi connectivity index (χ1) is 10.2. The summed E-state index contributed by atoms with van der Waals surface area (Å²) in [6.45, 7) is 0.781. The molecule has 0 atom stereocenters. The molecule has 1 aliphatic heterocycles. The Morgan fingerprint density at radius 3 is 2.81 bits per heavy atom. The first-order valence-corrected chi connectivity index (χ1v) is 6.51. The standard InChI is InChI=1S/C16H12FNO3/c17-13-4-2-1-3-11(13)15(19)10-5-6-14-12(9-10)16(20)18-7-8-21-14/h1-6,9H,7-8H2,(H,18,20). The maximum Gasteiger partial charge on any atom is 0.255 e. The Balaban J connectivity index is 2.02. The number of ketones is 1. The van der Waals surface area contributed by atoms with E-state index in [1.165, 1.54) is 30.3 Å². The molecule has 1 heterocycles. The first-order valence-electron chi connectivity index (χ1n) is 6.51. The van der Waals surface area contributed by atoms with Crippen LogP contribution in [0.5, 0.6) is 5.75 Å². The molecule has 4 nitrogen and oxygen atoms in total. The normalized spacial score (nSPS) is 13.7. The summed E-state index contributed by atoms with van der Waals surface area (Å²) in [6, 6.07) is 10.3. The molecule has 0 unspecified atom stereocenters. The van der Waals surface area contributed by atoms with Crippen molar-refractivity contribution in [3.63, 3.8) is 0 Å². The van der Waals surface area contributed by atoms with Gasteiger partial charge in [0, 0.05) is 5.56 Å². The zero-order valence-electron chi connectivity index (χ0n) is 11.1. The summed E-state index contributed by atoms with van der Waals surface area (Å²) in [4.78, 5) is 24.2. The van der Waals surface area contributed by atoms with Gasteiger partial charge in [-0.05, 0) is 30.3 Å². The average molecular weight is 285 g/mol. The van der Waals surface area contributed by atoms with E-state index in [0.29, 0.717) is 18.9 Å². The number of fused-ring (bicyclic) bond motifs is 1. The van der Waals surface area contributed by atoms with Crippen LogP contribution < -0.4 is 10.1 Å². The molecule has 2 aromatic carbocycles. The van der Waals surface area contributed by atoms with Gasteiger partial charge in [0.25, 0.3) is 5.91 Å². The van der Waals surface area contributed by atoms with Crippen molar-refractivity contribution in [2.45, 2.75) is 0 Å². The summed E-state index contributed by atoms with van der Waals surface area (Å²) in [5, 5.41) is 2.67. The van der Waals surface area contributed by atoms with E-state index in [1.807, 2.05) is 0 Å². The van der Waals surface area contributed by atoms with Gasteiger partial charge in [0.1, 0.15) is 18.2 Å². The topological polar surface area (TPSA) is 55.4 Å². The number of hydrogen-bond acceptors (Lipinski definition) is 3. The number of carbonyl (C=O) groups is 2. The highest BCUT2D eigenvalue weighted by molar-refractivity contribution is 6.10. The predicted molar refractivity (Wildman–Crippen MR) is 74.1 cm³/mol. The third kappa shape index (κ3) is 2.50. The van der Waals surface area contributed by atoms with Crippen molar-refractivity contribution in [3.8, 4) is 5.75 Å².